The molecule has 0 spiro atoms. The zero-order chi connectivity index (χ0) is 11.8. The van der Waals surface area contributed by atoms with Crippen molar-refractivity contribution in [1.29, 1.82) is 0 Å². The lowest BCUT2D eigenvalue weighted by atomic mass is 10.0. The van der Waals surface area contributed by atoms with Crippen molar-refractivity contribution in [2.75, 3.05) is 6.61 Å². The standard InChI is InChI=1S/C12H21N3O/c1-9-10(2)15(8-13-9)6-12(3,7-16)14-11-4-5-11/h8,11,14,16H,4-7H2,1-3H3. The lowest BCUT2D eigenvalue weighted by Crippen LogP contribution is -2.50. The summed E-state index contributed by atoms with van der Waals surface area (Å²) in [4.78, 5) is 4.28. The SMILES string of the molecule is Cc1ncn(CC(C)(CO)NC2CC2)c1C. The fourth-order valence-electron chi connectivity index (χ4n) is 1.94. The van der Waals surface area contributed by atoms with Crippen LogP contribution < -0.4 is 5.32 Å². The minimum Gasteiger partial charge on any atom is -0.394 e. The molecule has 4 heteroatoms. The van der Waals surface area contributed by atoms with Crippen LogP contribution in [0.3, 0.4) is 0 Å². The van der Waals surface area contributed by atoms with E-state index in [2.05, 4.69) is 28.7 Å². The summed E-state index contributed by atoms with van der Waals surface area (Å²) in [6.45, 7) is 7.07. The van der Waals surface area contributed by atoms with Crippen molar-refractivity contribution in [3.63, 3.8) is 0 Å². The summed E-state index contributed by atoms with van der Waals surface area (Å²) in [6.07, 6.45) is 4.32. The van der Waals surface area contributed by atoms with Crippen LogP contribution in [0.15, 0.2) is 6.33 Å². The second kappa shape index (κ2) is 4.18. The molecule has 0 saturated heterocycles. The summed E-state index contributed by atoms with van der Waals surface area (Å²) >= 11 is 0. The van der Waals surface area contributed by atoms with Crippen LogP contribution in [0.1, 0.15) is 31.2 Å². The largest absolute Gasteiger partial charge is 0.394 e. The number of rotatable bonds is 5. The van der Waals surface area contributed by atoms with E-state index in [0.717, 1.165) is 12.2 Å². The molecule has 1 aromatic heterocycles. The van der Waals surface area contributed by atoms with E-state index >= 15 is 0 Å². The molecule has 1 aromatic rings. The Morgan fingerprint density at radius 1 is 1.56 bits per heavy atom. The second-order valence-corrected chi connectivity index (χ2v) is 5.18. The van der Waals surface area contributed by atoms with Gasteiger partial charge in [0.25, 0.3) is 0 Å². The van der Waals surface area contributed by atoms with Gasteiger partial charge in [-0.1, -0.05) is 0 Å². The lowest BCUT2D eigenvalue weighted by molar-refractivity contribution is 0.155. The van der Waals surface area contributed by atoms with Crippen LogP contribution in [0.5, 0.6) is 0 Å². The first-order valence-electron chi connectivity index (χ1n) is 5.91. The third kappa shape index (κ3) is 2.44. The van der Waals surface area contributed by atoms with Gasteiger partial charge in [0.2, 0.25) is 0 Å². The Morgan fingerprint density at radius 3 is 2.69 bits per heavy atom. The highest BCUT2D eigenvalue weighted by Gasteiger charge is 2.32. The molecular formula is C12H21N3O. The molecule has 1 fully saturated rings. The zero-order valence-corrected chi connectivity index (χ0v) is 10.3. The Labute approximate surface area is 96.7 Å². The fourth-order valence-corrected chi connectivity index (χ4v) is 1.94. The summed E-state index contributed by atoms with van der Waals surface area (Å²) in [5.74, 6) is 0. The van der Waals surface area contributed by atoms with E-state index < -0.39 is 0 Å². The molecule has 0 radical (unpaired) electrons. The number of aliphatic hydroxyl groups is 1. The minimum absolute atomic E-state index is 0.153. The summed E-state index contributed by atoms with van der Waals surface area (Å²) < 4.78 is 2.11. The van der Waals surface area contributed by atoms with Crippen molar-refractivity contribution in [3.05, 3.63) is 17.7 Å². The summed E-state index contributed by atoms with van der Waals surface area (Å²) in [7, 11) is 0. The Bertz CT molecular complexity index is 370. The molecule has 1 heterocycles. The van der Waals surface area contributed by atoms with Gasteiger partial charge in [-0.3, -0.25) is 0 Å². The van der Waals surface area contributed by atoms with Crippen LogP contribution in [0.4, 0.5) is 0 Å². The molecule has 2 N–H and O–H groups in total. The van der Waals surface area contributed by atoms with Crippen LogP contribution >= 0.6 is 0 Å². The van der Waals surface area contributed by atoms with Gasteiger partial charge in [0, 0.05) is 18.3 Å². The lowest BCUT2D eigenvalue weighted by Gasteiger charge is -2.30. The monoisotopic (exact) mass is 223 g/mol. The highest BCUT2D eigenvalue weighted by atomic mass is 16.3. The van der Waals surface area contributed by atoms with Gasteiger partial charge in [-0.2, -0.15) is 0 Å². The van der Waals surface area contributed by atoms with Crippen molar-refractivity contribution >= 4 is 0 Å². The molecule has 4 nitrogen and oxygen atoms in total. The van der Waals surface area contributed by atoms with Gasteiger partial charge in [0.1, 0.15) is 0 Å². The molecule has 1 aliphatic rings. The number of hydrogen-bond donors (Lipinski definition) is 2. The highest BCUT2D eigenvalue weighted by Crippen LogP contribution is 2.23. The third-order valence-electron chi connectivity index (χ3n) is 3.34. The number of hydrogen-bond acceptors (Lipinski definition) is 3. The van der Waals surface area contributed by atoms with E-state index in [9.17, 15) is 5.11 Å². The van der Waals surface area contributed by atoms with Gasteiger partial charge < -0.3 is 15.0 Å². The van der Waals surface area contributed by atoms with Crippen molar-refractivity contribution in [1.82, 2.24) is 14.9 Å². The quantitative estimate of drug-likeness (QED) is 0.783. The molecule has 0 aliphatic heterocycles. The first kappa shape index (κ1) is 11.6. The Morgan fingerprint density at radius 2 is 2.25 bits per heavy atom. The van der Waals surface area contributed by atoms with Gasteiger partial charge in [0.05, 0.1) is 24.2 Å². The van der Waals surface area contributed by atoms with E-state index in [1.165, 1.54) is 18.5 Å². The number of imidazole rings is 1. The molecule has 1 saturated carbocycles. The van der Waals surface area contributed by atoms with E-state index in [4.69, 9.17) is 0 Å². The van der Waals surface area contributed by atoms with Gasteiger partial charge in [0.15, 0.2) is 0 Å². The molecule has 1 unspecified atom stereocenters. The number of nitrogens with zero attached hydrogens (tertiary/aromatic N) is 2. The van der Waals surface area contributed by atoms with Crippen molar-refractivity contribution in [2.24, 2.45) is 0 Å². The van der Waals surface area contributed by atoms with Crippen LogP contribution in [0.2, 0.25) is 0 Å². The van der Waals surface area contributed by atoms with E-state index in [1.54, 1.807) is 0 Å². The zero-order valence-electron chi connectivity index (χ0n) is 10.3. The highest BCUT2D eigenvalue weighted by molar-refractivity contribution is 5.09. The Kier molecular flexibility index (Phi) is 3.04. The van der Waals surface area contributed by atoms with Crippen LogP contribution in [0.25, 0.3) is 0 Å². The molecule has 0 aromatic carbocycles. The van der Waals surface area contributed by atoms with E-state index in [1.807, 2.05) is 13.3 Å². The maximum Gasteiger partial charge on any atom is 0.0952 e. The van der Waals surface area contributed by atoms with Gasteiger partial charge in [-0.25, -0.2) is 4.98 Å². The van der Waals surface area contributed by atoms with E-state index in [0.29, 0.717) is 6.04 Å². The van der Waals surface area contributed by atoms with E-state index in [-0.39, 0.29) is 12.1 Å². The number of aromatic nitrogens is 2. The summed E-state index contributed by atoms with van der Waals surface area (Å²) in [5, 5.41) is 13.0. The number of aryl methyl sites for hydroxylation is 1. The number of aliphatic hydroxyl groups excluding tert-OH is 1. The maximum atomic E-state index is 9.52. The maximum absolute atomic E-state index is 9.52. The molecule has 90 valence electrons. The Balaban J connectivity index is 2.07. The number of nitrogens with one attached hydrogen (secondary N) is 1. The van der Waals surface area contributed by atoms with Crippen molar-refractivity contribution < 1.29 is 5.11 Å². The van der Waals surface area contributed by atoms with Gasteiger partial charge in [-0.15, -0.1) is 0 Å². The average Bonchev–Trinajstić information content (AvgIpc) is 3.01. The smallest absolute Gasteiger partial charge is 0.0952 e. The first-order valence-corrected chi connectivity index (χ1v) is 5.91. The second-order valence-electron chi connectivity index (χ2n) is 5.18. The van der Waals surface area contributed by atoms with Gasteiger partial charge >= 0.3 is 0 Å². The van der Waals surface area contributed by atoms with Crippen molar-refractivity contribution in [3.8, 4) is 0 Å². The topological polar surface area (TPSA) is 50.1 Å². The predicted octanol–water partition coefficient (Wildman–Crippen LogP) is 1.00. The van der Waals surface area contributed by atoms with Crippen LogP contribution in [0, 0.1) is 13.8 Å². The average molecular weight is 223 g/mol. The van der Waals surface area contributed by atoms with Crippen LogP contribution in [-0.4, -0.2) is 32.8 Å². The molecular weight excluding hydrogens is 202 g/mol. The molecule has 0 bridgehead atoms. The molecule has 0 amide bonds. The molecule has 1 aliphatic carbocycles. The predicted molar refractivity (Wildman–Crippen MR) is 63.3 cm³/mol. The molecule has 16 heavy (non-hydrogen) atoms. The molecule has 2 rings (SSSR count). The normalized spacial score (nSPS) is 19.8. The third-order valence-corrected chi connectivity index (χ3v) is 3.34. The minimum atomic E-state index is -0.237. The summed E-state index contributed by atoms with van der Waals surface area (Å²) in [5.41, 5.74) is 2.00. The molecule has 1 atom stereocenters. The van der Waals surface area contributed by atoms with Crippen LogP contribution in [-0.2, 0) is 6.54 Å². The Hall–Kier alpha value is -0.870. The van der Waals surface area contributed by atoms with Gasteiger partial charge in [-0.05, 0) is 33.6 Å². The first-order chi connectivity index (χ1) is 7.54. The fraction of sp³-hybridized carbons (Fsp3) is 0.750. The summed E-state index contributed by atoms with van der Waals surface area (Å²) in [6, 6.07) is 0.599. The van der Waals surface area contributed by atoms with Crippen molar-refractivity contribution in [2.45, 2.75) is 51.7 Å².